The highest BCUT2D eigenvalue weighted by Gasteiger charge is 2.15. The van der Waals surface area contributed by atoms with Crippen LogP contribution in [0.3, 0.4) is 0 Å². The van der Waals surface area contributed by atoms with Gasteiger partial charge in [-0.25, -0.2) is 0 Å². The van der Waals surface area contributed by atoms with Crippen LogP contribution in [0.5, 0.6) is 0 Å². The second kappa shape index (κ2) is 5.97. The molecule has 0 spiro atoms. The number of rotatable bonds is 5. The molecular formula is C17H16O. The Kier molecular flexibility index (Phi) is 4.08. The SMILES string of the molecule is C=C(c1ccccc1)C(CC=O)c1ccccc1. The lowest BCUT2D eigenvalue weighted by molar-refractivity contribution is -0.107. The van der Waals surface area contributed by atoms with Crippen LogP contribution in [0, 0.1) is 0 Å². The summed E-state index contributed by atoms with van der Waals surface area (Å²) in [7, 11) is 0. The van der Waals surface area contributed by atoms with E-state index in [1.165, 1.54) is 0 Å². The molecule has 1 atom stereocenters. The topological polar surface area (TPSA) is 17.1 Å². The molecule has 1 heteroatoms. The van der Waals surface area contributed by atoms with Crippen LogP contribution in [0.4, 0.5) is 0 Å². The summed E-state index contributed by atoms with van der Waals surface area (Å²) in [6, 6.07) is 20.1. The zero-order valence-corrected chi connectivity index (χ0v) is 10.3. The molecular weight excluding hydrogens is 220 g/mol. The Hall–Kier alpha value is -2.15. The van der Waals surface area contributed by atoms with Crippen molar-refractivity contribution in [1.29, 1.82) is 0 Å². The van der Waals surface area contributed by atoms with Gasteiger partial charge in [-0.15, -0.1) is 0 Å². The van der Waals surface area contributed by atoms with Crippen LogP contribution in [-0.2, 0) is 4.79 Å². The van der Waals surface area contributed by atoms with Gasteiger partial charge < -0.3 is 4.79 Å². The molecule has 0 saturated carbocycles. The Morgan fingerprint density at radius 2 is 1.56 bits per heavy atom. The smallest absolute Gasteiger partial charge is 0.120 e. The Balaban J connectivity index is 2.32. The number of allylic oxidation sites excluding steroid dienone is 1. The summed E-state index contributed by atoms with van der Waals surface area (Å²) in [5.41, 5.74) is 3.22. The summed E-state index contributed by atoms with van der Waals surface area (Å²) in [6.07, 6.45) is 1.43. The van der Waals surface area contributed by atoms with E-state index in [9.17, 15) is 4.79 Å². The van der Waals surface area contributed by atoms with Gasteiger partial charge in [-0.3, -0.25) is 0 Å². The van der Waals surface area contributed by atoms with Crippen LogP contribution in [0.2, 0.25) is 0 Å². The van der Waals surface area contributed by atoms with Crippen molar-refractivity contribution >= 4 is 11.9 Å². The highest BCUT2D eigenvalue weighted by Crippen LogP contribution is 2.32. The minimum Gasteiger partial charge on any atom is -0.303 e. The number of carbonyl (C=O) groups excluding carboxylic acids is 1. The molecule has 0 saturated heterocycles. The fraction of sp³-hybridized carbons (Fsp3) is 0.118. The van der Waals surface area contributed by atoms with Gasteiger partial charge in [-0.2, -0.15) is 0 Å². The van der Waals surface area contributed by atoms with Gasteiger partial charge in [0.25, 0.3) is 0 Å². The summed E-state index contributed by atoms with van der Waals surface area (Å²) in [6.45, 7) is 4.16. The standard InChI is InChI=1S/C17H16O/c1-14(15-8-4-2-5-9-15)17(12-13-18)16-10-6-3-7-11-16/h2-11,13,17H,1,12H2. The molecule has 1 unspecified atom stereocenters. The predicted molar refractivity (Wildman–Crippen MR) is 75.3 cm³/mol. The molecule has 0 fully saturated rings. The van der Waals surface area contributed by atoms with Crippen LogP contribution in [0.25, 0.3) is 5.57 Å². The van der Waals surface area contributed by atoms with Crippen molar-refractivity contribution in [3.05, 3.63) is 78.4 Å². The third-order valence-corrected chi connectivity index (χ3v) is 3.10. The molecule has 0 heterocycles. The molecule has 0 aliphatic carbocycles. The normalized spacial score (nSPS) is 11.8. The number of aldehydes is 1. The predicted octanol–water partition coefficient (Wildman–Crippen LogP) is 4.07. The van der Waals surface area contributed by atoms with E-state index < -0.39 is 0 Å². The van der Waals surface area contributed by atoms with Crippen LogP contribution in [0.1, 0.15) is 23.5 Å². The van der Waals surface area contributed by atoms with E-state index >= 15 is 0 Å². The zero-order valence-electron chi connectivity index (χ0n) is 10.3. The fourth-order valence-electron chi connectivity index (χ4n) is 2.11. The molecule has 0 aliphatic rings. The van der Waals surface area contributed by atoms with Gasteiger partial charge >= 0.3 is 0 Å². The zero-order chi connectivity index (χ0) is 12.8. The molecule has 2 aromatic rings. The van der Waals surface area contributed by atoms with Crippen molar-refractivity contribution in [3.63, 3.8) is 0 Å². The average Bonchev–Trinajstić information content (AvgIpc) is 2.46. The second-order valence-electron chi connectivity index (χ2n) is 4.26. The van der Waals surface area contributed by atoms with Crippen LogP contribution in [-0.4, -0.2) is 6.29 Å². The van der Waals surface area contributed by atoms with E-state index in [0.29, 0.717) is 6.42 Å². The quantitative estimate of drug-likeness (QED) is 0.715. The van der Waals surface area contributed by atoms with Crippen molar-refractivity contribution in [3.8, 4) is 0 Å². The molecule has 90 valence electrons. The molecule has 2 rings (SSSR count). The second-order valence-corrected chi connectivity index (χ2v) is 4.26. The first kappa shape index (κ1) is 12.3. The molecule has 0 aliphatic heterocycles. The minimum atomic E-state index is 0.0612. The van der Waals surface area contributed by atoms with Crippen molar-refractivity contribution in [2.24, 2.45) is 0 Å². The maximum Gasteiger partial charge on any atom is 0.120 e. The third kappa shape index (κ3) is 2.75. The first-order valence-corrected chi connectivity index (χ1v) is 6.05. The van der Waals surface area contributed by atoms with Crippen molar-refractivity contribution in [2.75, 3.05) is 0 Å². The maximum atomic E-state index is 10.9. The molecule has 0 bridgehead atoms. The van der Waals surface area contributed by atoms with Crippen LogP contribution >= 0.6 is 0 Å². The van der Waals surface area contributed by atoms with Gasteiger partial charge in [0.15, 0.2) is 0 Å². The maximum absolute atomic E-state index is 10.9. The Morgan fingerprint density at radius 3 is 2.11 bits per heavy atom. The van der Waals surface area contributed by atoms with Gasteiger partial charge in [0.2, 0.25) is 0 Å². The number of carbonyl (C=O) groups is 1. The summed E-state index contributed by atoms with van der Waals surface area (Å²) in [4.78, 5) is 10.9. The fourth-order valence-corrected chi connectivity index (χ4v) is 2.11. The van der Waals surface area contributed by atoms with E-state index in [1.54, 1.807) is 0 Å². The van der Waals surface area contributed by atoms with E-state index in [-0.39, 0.29) is 5.92 Å². The van der Waals surface area contributed by atoms with Crippen molar-refractivity contribution < 1.29 is 4.79 Å². The number of hydrogen-bond donors (Lipinski definition) is 0. The van der Waals surface area contributed by atoms with Crippen molar-refractivity contribution in [2.45, 2.75) is 12.3 Å². The minimum absolute atomic E-state index is 0.0612. The number of hydrogen-bond acceptors (Lipinski definition) is 1. The molecule has 18 heavy (non-hydrogen) atoms. The van der Waals surface area contributed by atoms with Gasteiger partial charge in [-0.05, 0) is 16.7 Å². The molecule has 2 aromatic carbocycles. The third-order valence-electron chi connectivity index (χ3n) is 3.10. The highest BCUT2D eigenvalue weighted by molar-refractivity contribution is 5.72. The van der Waals surface area contributed by atoms with E-state index in [4.69, 9.17) is 0 Å². The highest BCUT2D eigenvalue weighted by atomic mass is 16.1. The van der Waals surface area contributed by atoms with Crippen LogP contribution in [0.15, 0.2) is 67.2 Å². The first-order chi connectivity index (χ1) is 8.83. The largest absolute Gasteiger partial charge is 0.303 e. The Bertz CT molecular complexity index is 514. The molecule has 0 amide bonds. The molecule has 1 nitrogen and oxygen atoms in total. The molecule has 0 radical (unpaired) electrons. The lowest BCUT2D eigenvalue weighted by atomic mass is 9.86. The van der Waals surface area contributed by atoms with Crippen molar-refractivity contribution in [1.82, 2.24) is 0 Å². The van der Waals surface area contributed by atoms with E-state index in [1.807, 2.05) is 60.7 Å². The molecule has 0 N–H and O–H groups in total. The Morgan fingerprint density at radius 1 is 1.00 bits per heavy atom. The monoisotopic (exact) mass is 236 g/mol. The van der Waals surface area contributed by atoms with Gasteiger partial charge in [0.05, 0.1) is 0 Å². The van der Waals surface area contributed by atoms with Crippen LogP contribution < -0.4 is 0 Å². The lowest BCUT2D eigenvalue weighted by Gasteiger charge is -2.18. The van der Waals surface area contributed by atoms with Gasteiger partial charge in [0, 0.05) is 12.3 Å². The molecule has 0 aromatic heterocycles. The Labute approximate surface area is 108 Å². The number of benzene rings is 2. The van der Waals surface area contributed by atoms with E-state index in [2.05, 4.69) is 6.58 Å². The van der Waals surface area contributed by atoms with Gasteiger partial charge in [-0.1, -0.05) is 67.2 Å². The van der Waals surface area contributed by atoms with Gasteiger partial charge in [0.1, 0.15) is 6.29 Å². The first-order valence-electron chi connectivity index (χ1n) is 6.05. The average molecular weight is 236 g/mol. The van der Waals surface area contributed by atoms with E-state index in [0.717, 1.165) is 23.0 Å². The summed E-state index contributed by atoms with van der Waals surface area (Å²) >= 11 is 0. The summed E-state index contributed by atoms with van der Waals surface area (Å²) in [5, 5.41) is 0. The lowest BCUT2D eigenvalue weighted by Crippen LogP contribution is -2.02. The summed E-state index contributed by atoms with van der Waals surface area (Å²) < 4.78 is 0. The summed E-state index contributed by atoms with van der Waals surface area (Å²) in [5.74, 6) is 0.0612.